The van der Waals surface area contributed by atoms with Gasteiger partial charge in [-0.3, -0.25) is 15.1 Å². The van der Waals surface area contributed by atoms with Gasteiger partial charge in [-0.2, -0.15) is 0 Å². The van der Waals surface area contributed by atoms with Crippen molar-refractivity contribution in [3.63, 3.8) is 0 Å². The molecule has 0 fully saturated rings. The van der Waals surface area contributed by atoms with Gasteiger partial charge in [-0.05, 0) is 48.0 Å². The summed E-state index contributed by atoms with van der Waals surface area (Å²) in [5, 5.41) is 11.4. The summed E-state index contributed by atoms with van der Waals surface area (Å²) in [6.45, 7) is 0. The molecule has 1 heterocycles. The predicted molar refractivity (Wildman–Crippen MR) is 115 cm³/mol. The standard InChI is InChI=1S/C22H14ClN3O3/c23-17-9-10-21-20(14-17)25-22(29-21)16-6-2-7-18(13-16)24-11-3-5-15-4-1-8-19(12-15)26(27)28/h1-14H/b5-3+,24-11?. The minimum absolute atomic E-state index is 0.0522. The van der Waals surface area contributed by atoms with Crippen molar-refractivity contribution in [1.82, 2.24) is 4.98 Å². The number of allylic oxidation sites excluding steroid dienone is 1. The molecule has 0 saturated carbocycles. The third kappa shape index (κ3) is 4.39. The van der Waals surface area contributed by atoms with E-state index in [9.17, 15) is 10.1 Å². The molecule has 0 bridgehead atoms. The molecular formula is C22H14ClN3O3. The first kappa shape index (κ1) is 18.6. The summed E-state index contributed by atoms with van der Waals surface area (Å²) >= 11 is 6.00. The molecule has 0 spiro atoms. The van der Waals surface area contributed by atoms with Gasteiger partial charge in [0.2, 0.25) is 5.89 Å². The molecule has 0 aliphatic rings. The van der Waals surface area contributed by atoms with Crippen molar-refractivity contribution >= 4 is 46.4 Å². The summed E-state index contributed by atoms with van der Waals surface area (Å²) in [6.07, 6.45) is 5.11. The lowest BCUT2D eigenvalue weighted by atomic mass is 10.2. The SMILES string of the molecule is O=[N+]([O-])c1cccc(/C=C/C=Nc2cccc(-c3nc4cc(Cl)ccc4o3)c2)c1. The van der Waals surface area contributed by atoms with E-state index in [4.69, 9.17) is 16.0 Å². The number of nitro benzene ring substituents is 1. The molecule has 4 rings (SSSR count). The van der Waals surface area contributed by atoms with Crippen LogP contribution in [0.5, 0.6) is 0 Å². The summed E-state index contributed by atoms with van der Waals surface area (Å²) in [6, 6.07) is 19.2. The molecule has 0 saturated heterocycles. The Hall–Kier alpha value is -3.77. The Morgan fingerprint density at radius 3 is 2.79 bits per heavy atom. The molecule has 142 valence electrons. The summed E-state index contributed by atoms with van der Waals surface area (Å²) < 4.78 is 5.79. The average Bonchev–Trinajstić information content (AvgIpc) is 3.15. The van der Waals surface area contributed by atoms with Crippen molar-refractivity contribution in [3.8, 4) is 11.5 Å². The van der Waals surface area contributed by atoms with Crippen LogP contribution in [0.3, 0.4) is 0 Å². The molecule has 1 aromatic heterocycles. The Balaban J connectivity index is 1.52. The number of aromatic nitrogens is 1. The van der Waals surface area contributed by atoms with Gasteiger partial charge in [0.1, 0.15) is 5.52 Å². The maximum Gasteiger partial charge on any atom is 0.270 e. The Kier molecular flexibility index (Phi) is 5.18. The first-order chi connectivity index (χ1) is 14.1. The summed E-state index contributed by atoms with van der Waals surface area (Å²) in [5.74, 6) is 0.492. The van der Waals surface area contributed by atoms with E-state index in [0.717, 1.165) is 16.8 Å². The monoisotopic (exact) mass is 403 g/mol. The van der Waals surface area contributed by atoms with E-state index in [1.54, 1.807) is 48.7 Å². The van der Waals surface area contributed by atoms with Gasteiger partial charge in [-0.1, -0.05) is 35.9 Å². The van der Waals surface area contributed by atoms with Gasteiger partial charge in [0.15, 0.2) is 5.58 Å². The molecule has 6 nitrogen and oxygen atoms in total. The van der Waals surface area contributed by atoms with Crippen molar-refractivity contribution in [2.75, 3.05) is 0 Å². The van der Waals surface area contributed by atoms with Crippen LogP contribution in [0.25, 0.3) is 28.6 Å². The molecule has 3 aromatic carbocycles. The van der Waals surface area contributed by atoms with Gasteiger partial charge in [-0.25, -0.2) is 4.98 Å². The molecule has 0 aliphatic heterocycles. The molecule has 29 heavy (non-hydrogen) atoms. The van der Waals surface area contributed by atoms with Crippen molar-refractivity contribution in [3.05, 3.63) is 93.5 Å². The molecule has 0 radical (unpaired) electrons. The first-order valence-electron chi connectivity index (χ1n) is 8.70. The number of nitrogens with zero attached hydrogens (tertiary/aromatic N) is 3. The van der Waals surface area contributed by atoms with Crippen LogP contribution in [0.1, 0.15) is 5.56 Å². The van der Waals surface area contributed by atoms with Crippen LogP contribution in [-0.4, -0.2) is 16.1 Å². The zero-order chi connectivity index (χ0) is 20.2. The lowest BCUT2D eigenvalue weighted by molar-refractivity contribution is -0.384. The zero-order valence-electron chi connectivity index (χ0n) is 15.0. The van der Waals surface area contributed by atoms with Crippen LogP contribution in [-0.2, 0) is 0 Å². The highest BCUT2D eigenvalue weighted by Crippen LogP contribution is 2.28. The van der Waals surface area contributed by atoms with Crippen LogP contribution in [0.2, 0.25) is 5.02 Å². The van der Waals surface area contributed by atoms with Crippen molar-refractivity contribution in [2.45, 2.75) is 0 Å². The average molecular weight is 404 g/mol. The molecule has 4 aromatic rings. The van der Waals surface area contributed by atoms with E-state index in [-0.39, 0.29) is 5.69 Å². The predicted octanol–water partition coefficient (Wildman–Crippen LogP) is 6.47. The zero-order valence-corrected chi connectivity index (χ0v) is 15.8. The van der Waals surface area contributed by atoms with E-state index in [1.165, 1.54) is 12.1 Å². The van der Waals surface area contributed by atoms with Crippen LogP contribution >= 0.6 is 11.6 Å². The lowest BCUT2D eigenvalue weighted by Crippen LogP contribution is -1.87. The Morgan fingerprint density at radius 2 is 1.93 bits per heavy atom. The van der Waals surface area contributed by atoms with Crippen molar-refractivity contribution in [2.24, 2.45) is 4.99 Å². The van der Waals surface area contributed by atoms with Crippen molar-refractivity contribution < 1.29 is 9.34 Å². The number of hydrogen-bond acceptors (Lipinski definition) is 5. The Morgan fingerprint density at radius 1 is 1.07 bits per heavy atom. The van der Waals surface area contributed by atoms with E-state index < -0.39 is 4.92 Å². The van der Waals surface area contributed by atoms with E-state index >= 15 is 0 Å². The van der Waals surface area contributed by atoms with Crippen LogP contribution in [0.15, 0.2) is 82.2 Å². The van der Waals surface area contributed by atoms with Gasteiger partial charge in [-0.15, -0.1) is 0 Å². The van der Waals surface area contributed by atoms with Crippen LogP contribution in [0.4, 0.5) is 11.4 Å². The van der Waals surface area contributed by atoms with Gasteiger partial charge >= 0.3 is 0 Å². The molecule has 0 aliphatic carbocycles. The molecule has 0 atom stereocenters. The number of non-ortho nitro benzene ring substituents is 1. The smallest absolute Gasteiger partial charge is 0.270 e. The van der Waals surface area contributed by atoms with Gasteiger partial charge in [0.05, 0.1) is 10.6 Å². The van der Waals surface area contributed by atoms with Crippen LogP contribution < -0.4 is 0 Å². The van der Waals surface area contributed by atoms with E-state index in [0.29, 0.717) is 22.0 Å². The number of rotatable bonds is 5. The summed E-state index contributed by atoms with van der Waals surface area (Å²) in [7, 11) is 0. The third-order valence-electron chi connectivity index (χ3n) is 4.12. The molecule has 7 heteroatoms. The molecule has 0 amide bonds. The van der Waals surface area contributed by atoms with Crippen molar-refractivity contribution in [1.29, 1.82) is 0 Å². The topological polar surface area (TPSA) is 81.5 Å². The maximum absolute atomic E-state index is 10.8. The fourth-order valence-corrected chi connectivity index (χ4v) is 2.93. The number of oxazole rings is 1. The van der Waals surface area contributed by atoms with Gasteiger partial charge < -0.3 is 4.42 Å². The minimum Gasteiger partial charge on any atom is -0.436 e. The number of halogens is 1. The second-order valence-corrected chi connectivity index (χ2v) is 6.61. The van der Waals surface area contributed by atoms with E-state index in [1.807, 2.05) is 24.3 Å². The highest BCUT2D eigenvalue weighted by Gasteiger charge is 2.09. The fourth-order valence-electron chi connectivity index (χ4n) is 2.77. The summed E-state index contributed by atoms with van der Waals surface area (Å²) in [4.78, 5) is 19.3. The number of nitro groups is 1. The highest BCUT2D eigenvalue weighted by molar-refractivity contribution is 6.31. The minimum atomic E-state index is -0.420. The van der Waals surface area contributed by atoms with Gasteiger partial charge in [0, 0.05) is 28.9 Å². The summed E-state index contributed by atoms with van der Waals surface area (Å²) in [5.41, 5.74) is 3.67. The van der Waals surface area contributed by atoms with E-state index in [2.05, 4.69) is 9.98 Å². The lowest BCUT2D eigenvalue weighted by Gasteiger charge is -1.97. The molecule has 0 N–H and O–H groups in total. The van der Waals surface area contributed by atoms with Crippen LogP contribution in [0, 0.1) is 10.1 Å². The normalized spacial score (nSPS) is 11.6. The second kappa shape index (κ2) is 8.08. The quantitative estimate of drug-likeness (QED) is 0.217. The Bertz CT molecular complexity index is 1260. The fraction of sp³-hybridized carbons (Fsp3) is 0. The molecular weight excluding hydrogens is 390 g/mol. The Labute approximate surface area is 170 Å². The third-order valence-corrected chi connectivity index (χ3v) is 4.36. The number of hydrogen-bond donors (Lipinski definition) is 0. The highest BCUT2D eigenvalue weighted by atomic mass is 35.5. The first-order valence-corrected chi connectivity index (χ1v) is 9.08. The second-order valence-electron chi connectivity index (χ2n) is 6.17. The van der Waals surface area contributed by atoms with Gasteiger partial charge in [0.25, 0.3) is 5.69 Å². The number of benzene rings is 3. The number of fused-ring (bicyclic) bond motifs is 1. The maximum atomic E-state index is 10.8. The number of aliphatic imine (C=N–C) groups is 1. The molecule has 0 unspecified atom stereocenters. The largest absolute Gasteiger partial charge is 0.436 e.